The topological polar surface area (TPSA) is 52.9 Å². The number of halogens is 1. The summed E-state index contributed by atoms with van der Waals surface area (Å²) >= 11 is 7.45. The van der Waals surface area contributed by atoms with Crippen LogP contribution in [0.2, 0.25) is 5.02 Å². The summed E-state index contributed by atoms with van der Waals surface area (Å²) in [7, 11) is 0. The first kappa shape index (κ1) is 14.9. The summed E-state index contributed by atoms with van der Waals surface area (Å²) in [6, 6.07) is 7.48. The molecule has 5 heteroatoms. The maximum atomic E-state index is 11.8. The number of benzene rings is 1. The van der Waals surface area contributed by atoms with Gasteiger partial charge in [-0.3, -0.25) is 4.79 Å². The molecule has 0 spiro atoms. The Hall–Kier alpha value is -1.18. The molecule has 0 aromatic heterocycles. The van der Waals surface area contributed by atoms with Crippen LogP contribution in [-0.4, -0.2) is 16.9 Å². The van der Waals surface area contributed by atoms with Crippen molar-refractivity contribution in [2.75, 3.05) is 11.1 Å². The Balaban J connectivity index is 2.53. The Morgan fingerprint density at radius 1 is 1.61 bits per heavy atom. The zero-order valence-electron chi connectivity index (χ0n) is 10.4. The van der Waals surface area contributed by atoms with Gasteiger partial charge in [0.2, 0.25) is 5.91 Å². The first-order valence-corrected chi connectivity index (χ1v) is 7.03. The normalized spacial score (nSPS) is 11.7. The van der Waals surface area contributed by atoms with Crippen molar-refractivity contribution in [2.24, 2.45) is 0 Å². The summed E-state index contributed by atoms with van der Waals surface area (Å²) in [6.07, 6.45) is 0.457. The fraction of sp³-hybridized carbons (Fsp3) is 0.385. The van der Waals surface area contributed by atoms with Crippen molar-refractivity contribution >= 4 is 35.0 Å². The van der Waals surface area contributed by atoms with Gasteiger partial charge in [-0.15, -0.1) is 11.8 Å². The Kier molecular flexibility index (Phi) is 6.03. The Morgan fingerprint density at radius 3 is 2.94 bits per heavy atom. The second kappa shape index (κ2) is 7.30. The van der Waals surface area contributed by atoms with E-state index in [1.165, 1.54) is 11.8 Å². The van der Waals surface area contributed by atoms with E-state index in [2.05, 4.69) is 11.4 Å². The number of rotatable bonds is 5. The van der Waals surface area contributed by atoms with Gasteiger partial charge in [-0.05, 0) is 31.5 Å². The summed E-state index contributed by atoms with van der Waals surface area (Å²) in [5, 5.41) is 11.7. The van der Waals surface area contributed by atoms with Gasteiger partial charge in [0.1, 0.15) is 0 Å². The predicted octanol–water partition coefficient (Wildman–Crippen LogP) is 3.62. The highest BCUT2D eigenvalue weighted by Gasteiger charge is 2.13. The molecule has 0 fully saturated rings. The van der Waals surface area contributed by atoms with Crippen molar-refractivity contribution in [1.29, 1.82) is 5.26 Å². The van der Waals surface area contributed by atoms with E-state index in [9.17, 15) is 4.79 Å². The third kappa shape index (κ3) is 4.59. The zero-order valence-corrected chi connectivity index (χ0v) is 11.9. The maximum absolute atomic E-state index is 11.8. The lowest BCUT2D eigenvalue weighted by Crippen LogP contribution is -2.22. The van der Waals surface area contributed by atoms with E-state index in [-0.39, 0.29) is 11.2 Å². The molecule has 3 nitrogen and oxygen atoms in total. The van der Waals surface area contributed by atoms with Gasteiger partial charge in [-0.1, -0.05) is 17.7 Å². The monoisotopic (exact) mass is 282 g/mol. The molecule has 0 aliphatic heterocycles. The van der Waals surface area contributed by atoms with Crippen LogP contribution in [0.4, 0.5) is 5.69 Å². The number of amides is 1. The van der Waals surface area contributed by atoms with Crippen molar-refractivity contribution in [3.05, 3.63) is 28.8 Å². The van der Waals surface area contributed by atoms with Gasteiger partial charge >= 0.3 is 0 Å². The van der Waals surface area contributed by atoms with Crippen LogP contribution in [0, 0.1) is 18.3 Å². The molecule has 1 atom stereocenters. The standard InChI is InChI=1S/C13H15ClN2OS/c1-9-4-5-11(8-12(9)14)16-13(17)10(2)18-7-3-6-15/h4-5,8,10H,3,7H2,1-2H3,(H,16,17). The highest BCUT2D eigenvalue weighted by molar-refractivity contribution is 8.00. The van der Waals surface area contributed by atoms with Crippen molar-refractivity contribution in [1.82, 2.24) is 0 Å². The zero-order chi connectivity index (χ0) is 13.5. The quantitative estimate of drug-likeness (QED) is 0.839. The fourth-order valence-electron chi connectivity index (χ4n) is 1.27. The summed E-state index contributed by atoms with van der Waals surface area (Å²) < 4.78 is 0. The Labute approximate surface area is 117 Å². The van der Waals surface area contributed by atoms with Gasteiger partial charge in [0.25, 0.3) is 0 Å². The Bertz CT molecular complexity index is 471. The van der Waals surface area contributed by atoms with E-state index >= 15 is 0 Å². The number of thioether (sulfide) groups is 1. The second-order valence-electron chi connectivity index (χ2n) is 3.87. The number of carbonyl (C=O) groups excluding carboxylic acids is 1. The minimum atomic E-state index is -0.182. The van der Waals surface area contributed by atoms with Crippen LogP contribution in [0.5, 0.6) is 0 Å². The van der Waals surface area contributed by atoms with Gasteiger partial charge in [0.15, 0.2) is 0 Å². The van der Waals surface area contributed by atoms with Gasteiger partial charge in [0.05, 0.1) is 11.3 Å². The van der Waals surface area contributed by atoms with Crippen LogP contribution in [0.1, 0.15) is 18.9 Å². The van der Waals surface area contributed by atoms with Crippen molar-refractivity contribution in [2.45, 2.75) is 25.5 Å². The molecule has 1 rings (SSSR count). The third-order valence-electron chi connectivity index (χ3n) is 2.39. The largest absolute Gasteiger partial charge is 0.325 e. The number of anilines is 1. The van der Waals surface area contributed by atoms with Crippen molar-refractivity contribution in [3.63, 3.8) is 0 Å². The van der Waals surface area contributed by atoms with Crippen LogP contribution >= 0.6 is 23.4 Å². The lowest BCUT2D eigenvalue weighted by atomic mass is 10.2. The molecule has 1 aromatic carbocycles. The van der Waals surface area contributed by atoms with Gasteiger partial charge < -0.3 is 5.32 Å². The van der Waals surface area contributed by atoms with Crippen LogP contribution in [0.3, 0.4) is 0 Å². The fourth-order valence-corrected chi connectivity index (χ4v) is 2.23. The van der Waals surface area contributed by atoms with Crippen molar-refractivity contribution < 1.29 is 4.79 Å². The van der Waals surface area contributed by atoms with Crippen LogP contribution in [0.15, 0.2) is 18.2 Å². The highest BCUT2D eigenvalue weighted by Crippen LogP contribution is 2.21. The molecular weight excluding hydrogens is 268 g/mol. The maximum Gasteiger partial charge on any atom is 0.237 e. The minimum absolute atomic E-state index is 0.0714. The molecule has 1 unspecified atom stereocenters. The van der Waals surface area contributed by atoms with E-state index in [0.29, 0.717) is 22.9 Å². The average Bonchev–Trinajstić information content (AvgIpc) is 2.34. The van der Waals surface area contributed by atoms with E-state index < -0.39 is 0 Å². The molecule has 0 saturated heterocycles. The van der Waals surface area contributed by atoms with Gasteiger partial charge in [0, 0.05) is 22.9 Å². The van der Waals surface area contributed by atoms with Crippen molar-refractivity contribution in [3.8, 4) is 6.07 Å². The molecule has 0 heterocycles. The summed E-state index contributed by atoms with van der Waals surface area (Å²) in [6.45, 7) is 3.74. The number of carbonyl (C=O) groups is 1. The molecule has 1 aromatic rings. The average molecular weight is 283 g/mol. The van der Waals surface area contributed by atoms with Gasteiger partial charge in [-0.25, -0.2) is 0 Å². The predicted molar refractivity (Wildman–Crippen MR) is 77.0 cm³/mol. The molecule has 0 saturated carbocycles. The lowest BCUT2D eigenvalue weighted by Gasteiger charge is -2.11. The summed E-state index contributed by atoms with van der Waals surface area (Å²) in [5.74, 6) is 0.595. The number of hydrogen-bond acceptors (Lipinski definition) is 3. The highest BCUT2D eigenvalue weighted by atomic mass is 35.5. The van der Waals surface area contributed by atoms with E-state index in [0.717, 1.165) is 5.56 Å². The van der Waals surface area contributed by atoms with Crippen LogP contribution < -0.4 is 5.32 Å². The smallest absolute Gasteiger partial charge is 0.237 e. The van der Waals surface area contributed by atoms with Gasteiger partial charge in [-0.2, -0.15) is 5.26 Å². The number of nitrogens with one attached hydrogen (secondary N) is 1. The summed E-state index contributed by atoms with van der Waals surface area (Å²) in [4.78, 5) is 11.8. The van der Waals surface area contributed by atoms with Crippen LogP contribution in [0.25, 0.3) is 0 Å². The second-order valence-corrected chi connectivity index (χ2v) is 5.73. The SMILES string of the molecule is Cc1ccc(NC(=O)C(C)SCCC#N)cc1Cl. The number of aryl methyl sites for hydroxylation is 1. The first-order valence-electron chi connectivity index (χ1n) is 5.60. The number of nitriles is 1. The molecule has 0 aliphatic rings. The molecule has 0 bridgehead atoms. The lowest BCUT2D eigenvalue weighted by molar-refractivity contribution is -0.115. The molecule has 0 radical (unpaired) electrons. The number of hydrogen-bond donors (Lipinski definition) is 1. The van der Waals surface area contributed by atoms with Crippen LogP contribution in [-0.2, 0) is 4.79 Å². The number of nitrogens with zero attached hydrogens (tertiary/aromatic N) is 1. The Morgan fingerprint density at radius 2 is 2.33 bits per heavy atom. The molecule has 18 heavy (non-hydrogen) atoms. The molecule has 1 amide bonds. The molecule has 96 valence electrons. The van der Waals surface area contributed by atoms with E-state index in [4.69, 9.17) is 16.9 Å². The van der Waals surface area contributed by atoms with E-state index in [1.807, 2.05) is 26.0 Å². The minimum Gasteiger partial charge on any atom is -0.325 e. The third-order valence-corrected chi connectivity index (χ3v) is 3.95. The van der Waals surface area contributed by atoms with E-state index in [1.54, 1.807) is 6.07 Å². The molecule has 1 N–H and O–H groups in total. The molecular formula is C13H15ClN2OS. The summed E-state index contributed by atoms with van der Waals surface area (Å²) in [5.41, 5.74) is 1.68. The first-order chi connectivity index (χ1) is 8.54. The molecule has 0 aliphatic carbocycles.